The van der Waals surface area contributed by atoms with Crippen molar-refractivity contribution >= 4 is 5.91 Å². The number of hydrogen-bond acceptors (Lipinski definition) is 3. The van der Waals surface area contributed by atoms with Crippen molar-refractivity contribution in [3.05, 3.63) is 29.8 Å². The first-order chi connectivity index (χ1) is 12.6. The molecule has 7 heteroatoms. The van der Waals surface area contributed by atoms with Crippen LogP contribution >= 0.6 is 0 Å². The first-order valence-electron chi connectivity index (χ1n) is 9.53. The van der Waals surface area contributed by atoms with E-state index in [1.54, 1.807) is 26.0 Å². The summed E-state index contributed by atoms with van der Waals surface area (Å²) in [5.74, 6) is 0.150. The number of nitrogens with zero attached hydrogens (tertiary/aromatic N) is 1. The Morgan fingerprint density at radius 2 is 1.78 bits per heavy atom. The van der Waals surface area contributed by atoms with Gasteiger partial charge in [-0.25, -0.2) is 0 Å². The fourth-order valence-electron chi connectivity index (χ4n) is 3.34. The molecule has 0 unspecified atom stereocenters. The number of unbranched alkanes of at least 4 members (excludes halogenated alkanes) is 4. The van der Waals surface area contributed by atoms with Crippen molar-refractivity contribution < 1.29 is 22.7 Å². The van der Waals surface area contributed by atoms with Crippen LogP contribution < -0.4 is 10.2 Å². The minimum Gasteiger partial charge on any atom is -0.494 e. The number of carbonyl (C=O) groups is 1. The Kier molecular flexibility index (Phi) is 7.14. The predicted molar refractivity (Wildman–Crippen MR) is 98.2 cm³/mol. The minimum atomic E-state index is -4.52. The molecule has 0 radical (unpaired) electrons. The lowest BCUT2D eigenvalue weighted by atomic mass is 9.97. The summed E-state index contributed by atoms with van der Waals surface area (Å²) in [4.78, 5) is 11.7. The Bertz CT molecular complexity index is 615. The van der Waals surface area contributed by atoms with Crippen molar-refractivity contribution in [1.29, 1.82) is 0 Å². The van der Waals surface area contributed by atoms with Crippen molar-refractivity contribution in [2.75, 3.05) is 6.61 Å². The van der Waals surface area contributed by atoms with Crippen LogP contribution in [0, 0.1) is 0 Å². The number of ether oxygens (including phenoxy) is 1. The summed E-state index contributed by atoms with van der Waals surface area (Å²) >= 11 is 0. The summed E-state index contributed by atoms with van der Waals surface area (Å²) in [7, 11) is 0. The Labute approximate surface area is 159 Å². The zero-order valence-corrected chi connectivity index (χ0v) is 16.2. The summed E-state index contributed by atoms with van der Waals surface area (Å²) in [6.07, 6.45) is 1.08. The number of hydrogen-bond donors (Lipinski definition) is 1. The van der Waals surface area contributed by atoms with E-state index >= 15 is 0 Å². The zero-order chi connectivity index (χ0) is 20.1. The highest BCUT2D eigenvalue weighted by molar-refractivity contribution is 5.79. The van der Waals surface area contributed by atoms with Gasteiger partial charge in [-0.3, -0.25) is 10.2 Å². The van der Waals surface area contributed by atoms with E-state index in [2.05, 4.69) is 12.3 Å². The number of nitrogens with one attached hydrogen (secondary N) is 1. The number of hydrazine groups is 1. The lowest BCUT2D eigenvalue weighted by Crippen LogP contribution is -2.51. The summed E-state index contributed by atoms with van der Waals surface area (Å²) in [6.45, 7) is 5.96. The van der Waals surface area contributed by atoms with Gasteiger partial charge in [-0.1, -0.05) is 44.7 Å². The molecule has 1 N–H and O–H groups in total. The lowest BCUT2D eigenvalue weighted by Gasteiger charge is -2.37. The quantitative estimate of drug-likeness (QED) is 0.597. The summed E-state index contributed by atoms with van der Waals surface area (Å²) in [6, 6.07) is 4.06. The van der Waals surface area contributed by atoms with Crippen LogP contribution in [0.15, 0.2) is 24.3 Å². The molecule has 152 valence electrons. The number of amides is 1. The Morgan fingerprint density at radius 3 is 2.30 bits per heavy atom. The van der Waals surface area contributed by atoms with E-state index in [9.17, 15) is 18.0 Å². The first kappa shape index (κ1) is 21.5. The van der Waals surface area contributed by atoms with Crippen LogP contribution in [-0.4, -0.2) is 29.2 Å². The maximum Gasteiger partial charge on any atom is 0.409 e. The van der Waals surface area contributed by atoms with E-state index in [0.29, 0.717) is 12.4 Å². The van der Waals surface area contributed by atoms with Crippen LogP contribution in [0.25, 0.3) is 0 Å². The van der Waals surface area contributed by atoms with E-state index in [4.69, 9.17) is 4.74 Å². The van der Waals surface area contributed by atoms with Crippen molar-refractivity contribution in [2.45, 2.75) is 77.1 Å². The molecule has 0 aromatic heterocycles. The molecule has 1 atom stereocenters. The van der Waals surface area contributed by atoms with Gasteiger partial charge in [-0.05, 0) is 38.0 Å². The second kappa shape index (κ2) is 8.95. The highest BCUT2D eigenvalue weighted by atomic mass is 19.4. The van der Waals surface area contributed by atoms with Crippen LogP contribution in [-0.2, 0) is 4.79 Å². The number of alkyl halides is 3. The molecule has 1 fully saturated rings. The van der Waals surface area contributed by atoms with Gasteiger partial charge in [-0.15, -0.1) is 0 Å². The van der Waals surface area contributed by atoms with Gasteiger partial charge in [0.25, 0.3) is 0 Å². The van der Waals surface area contributed by atoms with Crippen molar-refractivity contribution in [3.8, 4) is 5.75 Å². The van der Waals surface area contributed by atoms with Crippen LogP contribution in [0.5, 0.6) is 5.75 Å². The van der Waals surface area contributed by atoms with Gasteiger partial charge < -0.3 is 4.74 Å². The molecule has 1 aromatic rings. The van der Waals surface area contributed by atoms with Gasteiger partial charge in [0.1, 0.15) is 5.75 Å². The summed E-state index contributed by atoms with van der Waals surface area (Å²) in [5, 5.41) is 1.01. The number of rotatable bonds is 9. The van der Waals surface area contributed by atoms with Gasteiger partial charge in [0.2, 0.25) is 5.91 Å². The highest BCUT2D eigenvalue weighted by Crippen LogP contribution is 2.42. The SMILES string of the molecule is CCCCCCCOc1ccc([C@H](N2NC(=O)CC2(C)C)C(F)(F)F)cc1. The van der Waals surface area contributed by atoms with Crippen molar-refractivity contribution in [3.63, 3.8) is 0 Å². The van der Waals surface area contributed by atoms with Gasteiger partial charge >= 0.3 is 6.18 Å². The Morgan fingerprint density at radius 1 is 1.15 bits per heavy atom. The standard InChI is InChI=1S/C20H29F3N2O2/c1-4-5-6-7-8-13-27-16-11-9-15(10-12-16)18(20(21,22)23)25-19(2,3)14-17(26)24-25/h9-12,18H,4-8,13-14H2,1-3H3,(H,24,26)/t18-/m0/s1. The molecule has 1 aromatic carbocycles. The van der Waals surface area contributed by atoms with Gasteiger partial charge in [0.15, 0.2) is 6.04 Å². The molecule has 0 spiro atoms. The second-order valence-corrected chi connectivity index (χ2v) is 7.67. The monoisotopic (exact) mass is 386 g/mol. The van der Waals surface area contributed by atoms with Crippen molar-refractivity contribution in [2.24, 2.45) is 0 Å². The minimum absolute atomic E-state index is 0.0266. The third-order valence-corrected chi connectivity index (χ3v) is 4.77. The Hall–Kier alpha value is -1.76. The van der Waals surface area contributed by atoms with E-state index in [1.807, 2.05) is 0 Å². The van der Waals surface area contributed by atoms with Gasteiger partial charge in [0, 0.05) is 12.0 Å². The summed E-state index contributed by atoms with van der Waals surface area (Å²) in [5.41, 5.74) is 1.52. The number of halogens is 3. The molecule has 1 aliphatic heterocycles. The summed E-state index contributed by atoms with van der Waals surface area (Å²) < 4.78 is 46.9. The molecule has 1 aliphatic rings. The molecular formula is C20H29F3N2O2. The van der Waals surface area contributed by atoms with Gasteiger partial charge in [0.05, 0.1) is 6.61 Å². The number of benzene rings is 1. The molecule has 4 nitrogen and oxygen atoms in total. The molecular weight excluding hydrogens is 357 g/mol. The zero-order valence-electron chi connectivity index (χ0n) is 16.2. The van der Waals surface area contributed by atoms with Crippen LogP contribution in [0.3, 0.4) is 0 Å². The fourth-order valence-corrected chi connectivity index (χ4v) is 3.34. The fraction of sp³-hybridized carbons (Fsp3) is 0.650. The molecule has 0 bridgehead atoms. The largest absolute Gasteiger partial charge is 0.494 e. The normalized spacial score (nSPS) is 18.4. The van der Waals surface area contributed by atoms with E-state index < -0.39 is 23.7 Å². The molecule has 1 saturated heterocycles. The third kappa shape index (κ3) is 5.86. The number of carbonyl (C=O) groups excluding carboxylic acids is 1. The molecule has 0 saturated carbocycles. The average molecular weight is 386 g/mol. The van der Waals surface area contributed by atoms with Crippen LogP contribution in [0.4, 0.5) is 13.2 Å². The maximum absolute atomic E-state index is 13.8. The maximum atomic E-state index is 13.8. The van der Waals surface area contributed by atoms with Gasteiger partial charge in [-0.2, -0.15) is 18.2 Å². The second-order valence-electron chi connectivity index (χ2n) is 7.67. The Balaban J connectivity index is 2.04. The molecule has 1 amide bonds. The lowest BCUT2D eigenvalue weighted by molar-refractivity contribution is -0.203. The van der Waals surface area contributed by atoms with E-state index in [0.717, 1.165) is 17.9 Å². The highest BCUT2D eigenvalue weighted by Gasteiger charge is 2.52. The molecule has 0 aliphatic carbocycles. The molecule has 27 heavy (non-hydrogen) atoms. The predicted octanol–water partition coefficient (Wildman–Crippen LogP) is 5.15. The smallest absolute Gasteiger partial charge is 0.409 e. The van der Waals surface area contributed by atoms with E-state index in [1.165, 1.54) is 31.4 Å². The van der Waals surface area contributed by atoms with E-state index in [-0.39, 0.29) is 12.0 Å². The molecule has 1 heterocycles. The third-order valence-electron chi connectivity index (χ3n) is 4.77. The first-order valence-corrected chi connectivity index (χ1v) is 9.53. The van der Waals surface area contributed by atoms with Crippen LogP contribution in [0.1, 0.15) is 70.9 Å². The van der Waals surface area contributed by atoms with Crippen molar-refractivity contribution in [1.82, 2.24) is 10.4 Å². The van der Waals surface area contributed by atoms with Crippen LogP contribution in [0.2, 0.25) is 0 Å². The average Bonchev–Trinajstić information content (AvgIpc) is 2.83. The topological polar surface area (TPSA) is 41.6 Å². The molecule has 2 rings (SSSR count).